The zero-order valence-electron chi connectivity index (χ0n) is 9.46. The summed E-state index contributed by atoms with van der Waals surface area (Å²) in [5, 5.41) is 12.8. The molecule has 0 rings (SSSR count). The molecule has 0 heterocycles. The number of ether oxygens (including phenoxy) is 1. The molecular weight excluding hydrogens is 182 g/mol. The number of esters is 1. The molecule has 14 heavy (non-hydrogen) atoms. The summed E-state index contributed by atoms with van der Waals surface area (Å²) >= 11 is 0. The van der Waals surface area contributed by atoms with Gasteiger partial charge in [-0.25, -0.2) is 0 Å². The van der Waals surface area contributed by atoms with Crippen molar-refractivity contribution in [2.45, 2.75) is 45.3 Å². The van der Waals surface area contributed by atoms with Crippen LogP contribution in [-0.4, -0.2) is 36.4 Å². The highest BCUT2D eigenvalue weighted by Crippen LogP contribution is 2.06. The average molecular weight is 203 g/mol. The van der Waals surface area contributed by atoms with Gasteiger partial charge in [0.1, 0.15) is 0 Å². The van der Waals surface area contributed by atoms with E-state index < -0.39 is 5.60 Å². The molecule has 4 heteroatoms. The van der Waals surface area contributed by atoms with Crippen molar-refractivity contribution in [1.29, 1.82) is 0 Å². The Kier molecular flexibility index (Phi) is 5.72. The van der Waals surface area contributed by atoms with E-state index in [0.29, 0.717) is 19.4 Å². The molecule has 0 aromatic carbocycles. The highest BCUT2D eigenvalue weighted by molar-refractivity contribution is 5.69. The lowest BCUT2D eigenvalue weighted by atomic mass is 10.0. The van der Waals surface area contributed by atoms with Gasteiger partial charge in [-0.15, -0.1) is 0 Å². The monoisotopic (exact) mass is 203 g/mol. The van der Waals surface area contributed by atoms with E-state index in [0.717, 1.165) is 0 Å². The molecule has 0 aromatic rings. The van der Waals surface area contributed by atoms with Gasteiger partial charge in [-0.3, -0.25) is 4.79 Å². The summed E-state index contributed by atoms with van der Waals surface area (Å²) in [4.78, 5) is 10.9. The van der Waals surface area contributed by atoms with Crippen LogP contribution in [-0.2, 0) is 9.53 Å². The average Bonchev–Trinajstić information content (AvgIpc) is 2.15. The first-order chi connectivity index (χ1) is 6.41. The number of hydrogen-bond donors (Lipinski definition) is 2. The van der Waals surface area contributed by atoms with Gasteiger partial charge in [-0.05, 0) is 20.3 Å². The Labute approximate surface area is 85.6 Å². The number of nitrogens with one attached hydrogen (secondary N) is 1. The van der Waals surface area contributed by atoms with Crippen LogP contribution in [0.2, 0.25) is 0 Å². The second kappa shape index (κ2) is 5.98. The number of hydrogen-bond acceptors (Lipinski definition) is 4. The molecule has 2 unspecified atom stereocenters. The molecule has 84 valence electrons. The van der Waals surface area contributed by atoms with Crippen LogP contribution < -0.4 is 5.32 Å². The van der Waals surface area contributed by atoms with Gasteiger partial charge in [0.15, 0.2) is 0 Å². The lowest BCUT2D eigenvalue weighted by Crippen LogP contribution is -2.41. The summed E-state index contributed by atoms with van der Waals surface area (Å²) in [6.45, 7) is 6.07. The summed E-state index contributed by atoms with van der Waals surface area (Å²) < 4.78 is 4.54. The third-order valence-electron chi connectivity index (χ3n) is 2.29. The summed E-state index contributed by atoms with van der Waals surface area (Å²) in [5.41, 5.74) is -0.704. The summed E-state index contributed by atoms with van der Waals surface area (Å²) in [5.74, 6) is -0.235. The predicted molar refractivity (Wildman–Crippen MR) is 55.0 cm³/mol. The first-order valence-electron chi connectivity index (χ1n) is 4.94. The molecule has 4 nitrogen and oxygen atoms in total. The molecule has 0 aliphatic heterocycles. The van der Waals surface area contributed by atoms with Gasteiger partial charge >= 0.3 is 5.97 Å². The largest absolute Gasteiger partial charge is 0.469 e. The van der Waals surface area contributed by atoms with Gasteiger partial charge in [0.05, 0.1) is 19.1 Å². The topological polar surface area (TPSA) is 58.6 Å². The summed E-state index contributed by atoms with van der Waals surface area (Å²) in [6, 6.07) is 0.0282. The molecule has 0 saturated heterocycles. The minimum absolute atomic E-state index is 0.0282. The fraction of sp³-hybridized carbons (Fsp3) is 0.900. The van der Waals surface area contributed by atoms with Crippen LogP contribution in [0.4, 0.5) is 0 Å². The number of carbonyl (C=O) groups is 1. The van der Waals surface area contributed by atoms with E-state index in [-0.39, 0.29) is 12.0 Å². The minimum Gasteiger partial charge on any atom is -0.469 e. The van der Waals surface area contributed by atoms with Crippen molar-refractivity contribution in [2.75, 3.05) is 13.7 Å². The van der Waals surface area contributed by atoms with Crippen molar-refractivity contribution >= 4 is 5.97 Å². The summed E-state index contributed by atoms with van der Waals surface area (Å²) in [7, 11) is 1.37. The molecule has 0 amide bonds. The molecule has 0 saturated carbocycles. The van der Waals surface area contributed by atoms with E-state index in [4.69, 9.17) is 0 Å². The molecular formula is C10H21NO3. The maximum atomic E-state index is 10.9. The van der Waals surface area contributed by atoms with Crippen molar-refractivity contribution in [2.24, 2.45) is 0 Å². The smallest absolute Gasteiger partial charge is 0.307 e. The number of carbonyl (C=O) groups excluding carboxylic acids is 1. The van der Waals surface area contributed by atoms with Crippen molar-refractivity contribution in [3.8, 4) is 0 Å². The van der Waals surface area contributed by atoms with E-state index in [1.165, 1.54) is 7.11 Å². The van der Waals surface area contributed by atoms with Crippen LogP contribution in [0.1, 0.15) is 33.6 Å². The van der Waals surface area contributed by atoms with Crippen LogP contribution >= 0.6 is 0 Å². The van der Waals surface area contributed by atoms with Gasteiger partial charge in [-0.1, -0.05) is 6.92 Å². The quantitative estimate of drug-likeness (QED) is 0.624. The van der Waals surface area contributed by atoms with E-state index in [2.05, 4.69) is 10.1 Å². The zero-order chi connectivity index (χ0) is 11.2. The van der Waals surface area contributed by atoms with Crippen LogP contribution in [0.25, 0.3) is 0 Å². The second-order valence-electron chi connectivity index (χ2n) is 3.91. The van der Waals surface area contributed by atoms with Crippen LogP contribution in [0, 0.1) is 0 Å². The van der Waals surface area contributed by atoms with Gasteiger partial charge in [0.2, 0.25) is 0 Å². The Balaban J connectivity index is 3.74. The molecule has 0 bridgehead atoms. The standard InChI is InChI=1S/C10H21NO3/c1-5-10(3,13)7-11-8(2)6-9(12)14-4/h8,11,13H,5-7H2,1-4H3. The van der Waals surface area contributed by atoms with Crippen LogP contribution in [0.15, 0.2) is 0 Å². The second-order valence-corrected chi connectivity index (χ2v) is 3.91. The van der Waals surface area contributed by atoms with Gasteiger partial charge < -0.3 is 15.2 Å². The maximum Gasteiger partial charge on any atom is 0.307 e. The van der Waals surface area contributed by atoms with Gasteiger partial charge in [0, 0.05) is 12.6 Å². The highest BCUT2D eigenvalue weighted by atomic mass is 16.5. The van der Waals surface area contributed by atoms with Gasteiger partial charge in [0.25, 0.3) is 0 Å². The lowest BCUT2D eigenvalue weighted by Gasteiger charge is -2.24. The molecule has 2 atom stereocenters. The number of methoxy groups -OCH3 is 1. The molecule has 0 aliphatic carbocycles. The van der Waals surface area contributed by atoms with Crippen molar-refractivity contribution in [3.05, 3.63) is 0 Å². The van der Waals surface area contributed by atoms with Crippen molar-refractivity contribution in [1.82, 2.24) is 5.32 Å². The fourth-order valence-corrected chi connectivity index (χ4v) is 0.925. The first kappa shape index (κ1) is 13.4. The minimum atomic E-state index is -0.704. The summed E-state index contributed by atoms with van der Waals surface area (Å²) in [6.07, 6.45) is 1.02. The maximum absolute atomic E-state index is 10.9. The number of rotatable bonds is 6. The van der Waals surface area contributed by atoms with Crippen molar-refractivity contribution < 1.29 is 14.6 Å². The SMILES string of the molecule is CCC(C)(O)CNC(C)CC(=O)OC. The Bertz CT molecular complexity index is 180. The van der Waals surface area contributed by atoms with Crippen molar-refractivity contribution in [3.63, 3.8) is 0 Å². The number of aliphatic hydroxyl groups is 1. The normalized spacial score (nSPS) is 17.2. The predicted octanol–water partition coefficient (Wildman–Crippen LogP) is 0.689. The zero-order valence-corrected chi connectivity index (χ0v) is 9.46. The van der Waals surface area contributed by atoms with E-state index >= 15 is 0 Å². The van der Waals surface area contributed by atoms with Crippen LogP contribution in [0.5, 0.6) is 0 Å². The third-order valence-corrected chi connectivity index (χ3v) is 2.29. The Morgan fingerprint density at radius 1 is 1.64 bits per heavy atom. The van der Waals surface area contributed by atoms with E-state index in [9.17, 15) is 9.90 Å². The molecule has 0 fully saturated rings. The molecule has 0 radical (unpaired) electrons. The Morgan fingerprint density at radius 3 is 2.64 bits per heavy atom. The first-order valence-corrected chi connectivity index (χ1v) is 4.94. The fourth-order valence-electron chi connectivity index (χ4n) is 0.925. The molecule has 2 N–H and O–H groups in total. The van der Waals surface area contributed by atoms with Crippen LogP contribution in [0.3, 0.4) is 0 Å². The highest BCUT2D eigenvalue weighted by Gasteiger charge is 2.18. The van der Waals surface area contributed by atoms with E-state index in [1.807, 2.05) is 13.8 Å². The molecule has 0 aromatic heterocycles. The molecule has 0 aliphatic rings. The third kappa shape index (κ3) is 5.94. The Morgan fingerprint density at radius 2 is 2.21 bits per heavy atom. The lowest BCUT2D eigenvalue weighted by molar-refractivity contribution is -0.141. The van der Waals surface area contributed by atoms with E-state index in [1.54, 1.807) is 6.92 Å². The Hall–Kier alpha value is -0.610. The molecule has 0 spiro atoms. The van der Waals surface area contributed by atoms with Gasteiger partial charge in [-0.2, -0.15) is 0 Å².